The molecule has 67 valence electrons. The van der Waals surface area contributed by atoms with E-state index in [0.29, 0.717) is 13.0 Å². The van der Waals surface area contributed by atoms with Gasteiger partial charge in [-0.1, -0.05) is 20.3 Å². The highest BCUT2D eigenvalue weighted by molar-refractivity contribution is 4.36. The van der Waals surface area contributed by atoms with Crippen LogP contribution in [0.5, 0.6) is 0 Å². The normalized spacial score (nSPS) is 13.4. The lowest BCUT2D eigenvalue weighted by molar-refractivity contribution is -0.197. The standard InChI is InChI=1S/C8H17O3/c1-3-5-8(9)11-7-10-6-4-2/h8H,3-7H2,1-2H3. The monoisotopic (exact) mass is 161 g/mol. The summed E-state index contributed by atoms with van der Waals surface area (Å²) in [4.78, 5) is 0. The van der Waals surface area contributed by atoms with Gasteiger partial charge in [0.1, 0.15) is 6.79 Å². The molecule has 1 radical (unpaired) electrons. The average Bonchev–Trinajstić information content (AvgIpc) is 1.99. The molecular weight excluding hydrogens is 144 g/mol. The summed E-state index contributed by atoms with van der Waals surface area (Å²) in [7, 11) is 0. The van der Waals surface area contributed by atoms with Crippen molar-refractivity contribution in [2.24, 2.45) is 0 Å². The van der Waals surface area contributed by atoms with Gasteiger partial charge in [0, 0.05) is 13.0 Å². The van der Waals surface area contributed by atoms with Gasteiger partial charge in [0.25, 0.3) is 0 Å². The minimum atomic E-state index is -0.906. The van der Waals surface area contributed by atoms with Gasteiger partial charge in [0.15, 0.2) is 6.29 Å². The van der Waals surface area contributed by atoms with Crippen molar-refractivity contribution in [1.29, 1.82) is 0 Å². The fourth-order valence-corrected chi connectivity index (χ4v) is 0.646. The van der Waals surface area contributed by atoms with Gasteiger partial charge in [-0.3, -0.25) is 0 Å². The SMILES string of the molecule is CCCOCOC([O])CCC. The fourth-order valence-electron chi connectivity index (χ4n) is 0.646. The summed E-state index contributed by atoms with van der Waals surface area (Å²) in [5.41, 5.74) is 0. The lowest BCUT2D eigenvalue weighted by Crippen LogP contribution is -2.12. The van der Waals surface area contributed by atoms with Crippen molar-refractivity contribution in [3.8, 4) is 0 Å². The summed E-state index contributed by atoms with van der Waals surface area (Å²) >= 11 is 0. The minimum Gasteiger partial charge on any atom is -0.355 e. The maximum atomic E-state index is 10.8. The van der Waals surface area contributed by atoms with Crippen molar-refractivity contribution in [3.05, 3.63) is 0 Å². The van der Waals surface area contributed by atoms with E-state index >= 15 is 0 Å². The molecule has 0 aromatic carbocycles. The van der Waals surface area contributed by atoms with E-state index in [9.17, 15) is 5.11 Å². The molecule has 1 atom stereocenters. The molecule has 0 heterocycles. The second kappa shape index (κ2) is 7.98. The molecule has 3 heteroatoms. The molecule has 0 bridgehead atoms. The van der Waals surface area contributed by atoms with E-state index in [-0.39, 0.29) is 6.79 Å². The Bertz CT molecular complexity index is 75.7. The van der Waals surface area contributed by atoms with Gasteiger partial charge in [-0.15, -0.1) is 0 Å². The van der Waals surface area contributed by atoms with E-state index in [1.165, 1.54) is 0 Å². The van der Waals surface area contributed by atoms with Crippen molar-refractivity contribution < 1.29 is 14.6 Å². The fraction of sp³-hybridized carbons (Fsp3) is 1.00. The van der Waals surface area contributed by atoms with Crippen molar-refractivity contribution in [2.75, 3.05) is 13.4 Å². The van der Waals surface area contributed by atoms with Gasteiger partial charge in [-0.2, -0.15) is 0 Å². The highest BCUT2D eigenvalue weighted by Crippen LogP contribution is 1.98. The van der Waals surface area contributed by atoms with Crippen LogP contribution in [0.2, 0.25) is 0 Å². The topological polar surface area (TPSA) is 38.4 Å². The lowest BCUT2D eigenvalue weighted by Gasteiger charge is -2.08. The maximum absolute atomic E-state index is 10.8. The molecule has 0 aliphatic heterocycles. The second-order valence-corrected chi connectivity index (χ2v) is 2.41. The van der Waals surface area contributed by atoms with Gasteiger partial charge in [0.05, 0.1) is 0 Å². The van der Waals surface area contributed by atoms with Crippen molar-refractivity contribution in [2.45, 2.75) is 39.4 Å². The molecule has 0 spiro atoms. The van der Waals surface area contributed by atoms with E-state index < -0.39 is 6.29 Å². The van der Waals surface area contributed by atoms with E-state index in [2.05, 4.69) is 0 Å². The Morgan fingerprint density at radius 2 is 2.00 bits per heavy atom. The number of hydrogen-bond donors (Lipinski definition) is 0. The van der Waals surface area contributed by atoms with Crippen LogP contribution in [0.1, 0.15) is 33.1 Å². The first kappa shape index (κ1) is 10.9. The molecule has 0 aliphatic rings. The molecule has 0 N–H and O–H groups in total. The zero-order valence-corrected chi connectivity index (χ0v) is 7.34. The van der Waals surface area contributed by atoms with Crippen LogP contribution in [-0.4, -0.2) is 19.7 Å². The predicted molar refractivity (Wildman–Crippen MR) is 41.6 cm³/mol. The summed E-state index contributed by atoms with van der Waals surface area (Å²) < 4.78 is 9.78. The van der Waals surface area contributed by atoms with Crippen molar-refractivity contribution >= 4 is 0 Å². The molecule has 0 aliphatic carbocycles. The first-order chi connectivity index (χ1) is 5.31. The third kappa shape index (κ3) is 7.78. The Balaban J connectivity index is 2.97. The van der Waals surface area contributed by atoms with E-state index in [0.717, 1.165) is 12.8 Å². The van der Waals surface area contributed by atoms with E-state index in [1.807, 2.05) is 13.8 Å². The Kier molecular flexibility index (Phi) is 7.89. The Hall–Kier alpha value is -0.120. The molecular formula is C8H17O3. The largest absolute Gasteiger partial charge is 0.355 e. The minimum absolute atomic E-state index is 0.141. The molecule has 0 rings (SSSR count). The second-order valence-electron chi connectivity index (χ2n) is 2.41. The molecule has 3 nitrogen and oxygen atoms in total. The molecule has 0 amide bonds. The van der Waals surface area contributed by atoms with Crippen LogP contribution in [0.25, 0.3) is 0 Å². The molecule has 0 aromatic heterocycles. The van der Waals surface area contributed by atoms with Gasteiger partial charge in [-0.05, 0) is 6.42 Å². The summed E-state index contributed by atoms with van der Waals surface area (Å²) in [5.74, 6) is 0. The lowest BCUT2D eigenvalue weighted by atomic mass is 10.3. The van der Waals surface area contributed by atoms with Crippen LogP contribution in [0.3, 0.4) is 0 Å². The zero-order chi connectivity index (χ0) is 8.53. The number of ether oxygens (including phenoxy) is 2. The van der Waals surface area contributed by atoms with E-state index in [1.54, 1.807) is 0 Å². The zero-order valence-electron chi connectivity index (χ0n) is 7.34. The van der Waals surface area contributed by atoms with Crippen LogP contribution >= 0.6 is 0 Å². The quantitative estimate of drug-likeness (QED) is 0.423. The molecule has 1 unspecified atom stereocenters. The highest BCUT2D eigenvalue weighted by Gasteiger charge is 2.02. The predicted octanol–water partition coefficient (Wildman–Crippen LogP) is 1.94. The van der Waals surface area contributed by atoms with Crippen molar-refractivity contribution in [1.82, 2.24) is 0 Å². The number of hydrogen-bond acceptors (Lipinski definition) is 2. The molecule has 0 fully saturated rings. The summed E-state index contributed by atoms with van der Waals surface area (Å²) in [6.07, 6.45) is 1.48. The maximum Gasteiger partial charge on any atom is 0.194 e. The van der Waals surface area contributed by atoms with Crippen LogP contribution in [0.15, 0.2) is 0 Å². The third-order valence-corrected chi connectivity index (χ3v) is 1.21. The van der Waals surface area contributed by atoms with Crippen LogP contribution in [0.4, 0.5) is 0 Å². The Labute approximate surface area is 68.3 Å². The molecule has 0 saturated heterocycles. The Morgan fingerprint density at radius 1 is 1.27 bits per heavy atom. The Morgan fingerprint density at radius 3 is 2.55 bits per heavy atom. The average molecular weight is 161 g/mol. The van der Waals surface area contributed by atoms with E-state index in [4.69, 9.17) is 9.47 Å². The van der Waals surface area contributed by atoms with Crippen molar-refractivity contribution in [3.63, 3.8) is 0 Å². The molecule has 11 heavy (non-hydrogen) atoms. The van der Waals surface area contributed by atoms with Gasteiger partial charge >= 0.3 is 0 Å². The van der Waals surface area contributed by atoms with Crippen LogP contribution in [0, 0.1) is 0 Å². The smallest absolute Gasteiger partial charge is 0.194 e. The van der Waals surface area contributed by atoms with Crippen LogP contribution in [-0.2, 0) is 14.6 Å². The summed E-state index contributed by atoms with van der Waals surface area (Å²) in [5, 5.41) is 10.8. The van der Waals surface area contributed by atoms with Gasteiger partial charge in [0.2, 0.25) is 0 Å². The highest BCUT2D eigenvalue weighted by atomic mass is 16.7. The first-order valence-corrected chi connectivity index (χ1v) is 4.16. The number of rotatable bonds is 7. The molecule has 0 aromatic rings. The van der Waals surface area contributed by atoms with Gasteiger partial charge in [-0.25, -0.2) is 5.11 Å². The summed E-state index contributed by atoms with van der Waals surface area (Å²) in [6, 6.07) is 0. The third-order valence-electron chi connectivity index (χ3n) is 1.21. The first-order valence-electron chi connectivity index (χ1n) is 4.16. The molecule has 0 saturated carbocycles. The van der Waals surface area contributed by atoms with Crippen LogP contribution < -0.4 is 0 Å². The van der Waals surface area contributed by atoms with Gasteiger partial charge < -0.3 is 9.47 Å². The summed E-state index contributed by atoms with van der Waals surface area (Å²) in [6.45, 7) is 4.78.